The maximum atomic E-state index is 12.5. The van der Waals surface area contributed by atoms with Crippen LogP contribution in [0.4, 0.5) is 13.2 Å². The van der Waals surface area contributed by atoms with Crippen LogP contribution in [0.15, 0.2) is 37.1 Å². The summed E-state index contributed by atoms with van der Waals surface area (Å²) in [6.07, 6.45) is 2.07. The third-order valence-electron chi connectivity index (χ3n) is 5.29. The van der Waals surface area contributed by atoms with Crippen molar-refractivity contribution < 1.29 is 13.2 Å². The van der Waals surface area contributed by atoms with Gasteiger partial charge in [-0.05, 0) is 12.0 Å². The van der Waals surface area contributed by atoms with Gasteiger partial charge in [0.1, 0.15) is 6.54 Å². The summed E-state index contributed by atoms with van der Waals surface area (Å²) in [6.45, 7) is 6.10. The van der Waals surface area contributed by atoms with Crippen LogP contribution < -0.4 is 5.32 Å². The van der Waals surface area contributed by atoms with Crippen LogP contribution in [0, 0.1) is 5.92 Å². The van der Waals surface area contributed by atoms with Crippen LogP contribution in [0.5, 0.6) is 0 Å². The van der Waals surface area contributed by atoms with Crippen LogP contribution in [0.2, 0.25) is 0 Å². The predicted molar refractivity (Wildman–Crippen MR) is 96.1 cm³/mol. The van der Waals surface area contributed by atoms with Gasteiger partial charge in [0.05, 0.1) is 17.5 Å². The van der Waals surface area contributed by atoms with Gasteiger partial charge in [-0.3, -0.25) is 4.40 Å². The van der Waals surface area contributed by atoms with Gasteiger partial charge in [0.2, 0.25) is 0 Å². The standard InChI is InChI=1S/C18H21F3N6/c1-3-12-8-26(11(2)25-10-18(19,20)21)9-13(12)15-6-23-16-7-24-17-14(27(15)16)4-5-22-17/h4-7,12-13,22,25H,2-3,8-10H2,1H3. The van der Waals surface area contributed by atoms with E-state index in [1.165, 1.54) is 0 Å². The van der Waals surface area contributed by atoms with Gasteiger partial charge in [0.25, 0.3) is 0 Å². The van der Waals surface area contributed by atoms with Crippen molar-refractivity contribution in [3.63, 3.8) is 0 Å². The van der Waals surface area contributed by atoms with Gasteiger partial charge in [0, 0.05) is 37.1 Å². The molecule has 0 amide bonds. The molecule has 144 valence electrons. The number of H-pyrrole nitrogens is 1. The summed E-state index contributed by atoms with van der Waals surface area (Å²) >= 11 is 0. The van der Waals surface area contributed by atoms with Crippen molar-refractivity contribution >= 4 is 16.8 Å². The predicted octanol–water partition coefficient (Wildman–Crippen LogP) is 3.26. The van der Waals surface area contributed by atoms with Crippen molar-refractivity contribution in [2.75, 3.05) is 19.6 Å². The average Bonchev–Trinajstić information content (AvgIpc) is 3.33. The summed E-state index contributed by atoms with van der Waals surface area (Å²) < 4.78 is 39.6. The van der Waals surface area contributed by atoms with E-state index in [4.69, 9.17) is 0 Å². The van der Waals surface area contributed by atoms with Gasteiger partial charge in [-0.25, -0.2) is 9.97 Å². The number of fused-ring (bicyclic) bond motifs is 3. The van der Waals surface area contributed by atoms with Crippen molar-refractivity contribution in [2.45, 2.75) is 25.4 Å². The molecule has 9 heteroatoms. The number of hydrogen-bond donors (Lipinski definition) is 2. The lowest BCUT2D eigenvalue weighted by atomic mass is 9.91. The number of imidazole rings is 1. The fourth-order valence-corrected chi connectivity index (χ4v) is 3.91. The molecular formula is C18H21F3N6. The van der Waals surface area contributed by atoms with E-state index in [1.54, 1.807) is 6.20 Å². The molecule has 2 unspecified atom stereocenters. The molecule has 0 spiro atoms. The number of likely N-dealkylation sites (tertiary alicyclic amines) is 1. The highest BCUT2D eigenvalue weighted by Gasteiger charge is 2.36. The van der Waals surface area contributed by atoms with Gasteiger partial charge in [0.15, 0.2) is 11.3 Å². The Hall–Kier alpha value is -2.71. The molecule has 6 nitrogen and oxygen atoms in total. The van der Waals surface area contributed by atoms with Gasteiger partial charge in [-0.1, -0.05) is 19.9 Å². The highest BCUT2D eigenvalue weighted by Crippen LogP contribution is 2.36. The summed E-state index contributed by atoms with van der Waals surface area (Å²) in [5.74, 6) is 0.766. The zero-order chi connectivity index (χ0) is 19.2. The monoisotopic (exact) mass is 378 g/mol. The molecule has 27 heavy (non-hydrogen) atoms. The number of hydrogen-bond acceptors (Lipinski definition) is 4. The van der Waals surface area contributed by atoms with Crippen LogP contribution >= 0.6 is 0 Å². The highest BCUT2D eigenvalue weighted by atomic mass is 19.4. The minimum atomic E-state index is -4.26. The second kappa shape index (κ2) is 6.47. The molecule has 4 rings (SSSR count). The number of aromatic amines is 1. The summed E-state index contributed by atoms with van der Waals surface area (Å²) in [5, 5.41) is 2.41. The Morgan fingerprint density at radius 3 is 2.89 bits per heavy atom. The highest BCUT2D eigenvalue weighted by molar-refractivity contribution is 5.74. The van der Waals surface area contributed by atoms with Crippen molar-refractivity contribution in [2.24, 2.45) is 5.92 Å². The van der Waals surface area contributed by atoms with E-state index < -0.39 is 12.7 Å². The normalized spacial score (nSPS) is 20.7. The van der Waals surface area contributed by atoms with E-state index in [-0.39, 0.29) is 5.92 Å². The van der Waals surface area contributed by atoms with E-state index in [9.17, 15) is 13.2 Å². The van der Waals surface area contributed by atoms with Crippen molar-refractivity contribution in [1.29, 1.82) is 0 Å². The molecule has 2 N–H and O–H groups in total. The molecule has 1 fully saturated rings. The Bertz CT molecular complexity index is 972. The minimum Gasteiger partial charge on any atom is -0.363 e. The van der Waals surface area contributed by atoms with Crippen LogP contribution in [-0.4, -0.2) is 50.1 Å². The molecule has 1 aliphatic rings. The molecule has 4 heterocycles. The van der Waals surface area contributed by atoms with E-state index >= 15 is 0 Å². The van der Waals surface area contributed by atoms with Gasteiger partial charge in [-0.2, -0.15) is 13.2 Å². The average molecular weight is 378 g/mol. The molecule has 0 saturated carbocycles. The lowest BCUT2D eigenvalue weighted by molar-refractivity contribution is -0.124. The molecule has 1 aliphatic heterocycles. The van der Waals surface area contributed by atoms with Gasteiger partial charge < -0.3 is 15.2 Å². The maximum absolute atomic E-state index is 12.5. The van der Waals surface area contributed by atoms with E-state index in [0.717, 1.165) is 28.9 Å². The van der Waals surface area contributed by atoms with Crippen LogP contribution in [0.25, 0.3) is 16.8 Å². The summed E-state index contributed by atoms with van der Waals surface area (Å²) in [6, 6.07) is 1.96. The first-order valence-electron chi connectivity index (χ1n) is 8.91. The summed E-state index contributed by atoms with van der Waals surface area (Å²) in [7, 11) is 0. The number of alkyl halides is 3. The topological polar surface area (TPSA) is 61.2 Å². The van der Waals surface area contributed by atoms with Crippen molar-refractivity contribution in [3.05, 3.63) is 42.8 Å². The van der Waals surface area contributed by atoms with Gasteiger partial charge >= 0.3 is 6.18 Å². The van der Waals surface area contributed by atoms with Crippen molar-refractivity contribution in [1.82, 2.24) is 29.6 Å². The smallest absolute Gasteiger partial charge is 0.363 e. The fourth-order valence-electron chi connectivity index (χ4n) is 3.91. The van der Waals surface area contributed by atoms with Crippen LogP contribution in [-0.2, 0) is 0 Å². The maximum Gasteiger partial charge on any atom is 0.405 e. The lowest BCUT2D eigenvalue weighted by Crippen LogP contribution is -2.35. The third kappa shape index (κ3) is 3.22. The zero-order valence-electron chi connectivity index (χ0n) is 14.9. The third-order valence-corrected chi connectivity index (χ3v) is 5.29. The second-order valence-electron chi connectivity index (χ2n) is 6.94. The Kier molecular flexibility index (Phi) is 4.24. The lowest BCUT2D eigenvalue weighted by Gasteiger charge is -2.23. The number of nitrogens with zero attached hydrogens (tertiary/aromatic N) is 4. The Balaban J connectivity index is 1.63. The van der Waals surface area contributed by atoms with Gasteiger partial charge in [-0.15, -0.1) is 0 Å². The molecule has 1 saturated heterocycles. The van der Waals surface area contributed by atoms with Crippen molar-refractivity contribution in [3.8, 4) is 0 Å². The Morgan fingerprint density at radius 1 is 1.33 bits per heavy atom. The molecule has 2 atom stereocenters. The second-order valence-corrected chi connectivity index (χ2v) is 6.94. The fraction of sp³-hybridized carbons (Fsp3) is 0.444. The molecular weight excluding hydrogens is 357 g/mol. The number of halogens is 3. The zero-order valence-corrected chi connectivity index (χ0v) is 14.9. The van der Waals surface area contributed by atoms with Crippen LogP contribution in [0.3, 0.4) is 0 Å². The summed E-state index contributed by atoms with van der Waals surface area (Å²) in [5.41, 5.74) is 3.54. The van der Waals surface area contributed by atoms with E-state index in [1.807, 2.05) is 23.4 Å². The Morgan fingerprint density at radius 2 is 2.15 bits per heavy atom. The molecule has 3 aromatic heterocycles. The molecule has 0 radical (unpaired) electrons. The van der Waals surface area contributed by atoms with E-state index in [2.05, 4.69) is 38.2 Å². The largest absolute Gasteiger partial charge is 0.405 e. The Labute approximate surface area is 154 Å². The molecule has 0 aromatic carbocycles. The van der Waals surface area contributed by atoms with Crippen LogP contribution in [0.1, 0.15) is 25.0 Å². The number of aromatic nitrogens is 4. The number of rotatable bonds is 5. The first-order valence-corrected chi connectivity index (χ1v) is 8.91. The molecule has 0 bridgehead atoms. The minimum absolute atomic E-state index is 0.148. The quantitative estimate of drug-likeness (QED) is 0.716. The van der Waals surface area contributed by atoms with E-state index in [0.29, 0.717) is 24.8 Å². The number of nitrogens with one attached hydrogen (secondary N) is 2. The molecule has 0 aliphatic carbocycles. The SMILES string of the molecule is C=C(NCC(F)(F)F)N1CC(CC)C(c2cnc3cnc4[nH]ccc4n23)C1. The first-order chi connectivity index (χ1) is 12.9. The first kappa shape index (κ1) is 17.7. The summed E-state index contributed by atoms with van der Waals surface area (Å²) in [4.78, 5) is 13.8. The molecule has 3 aromatic rings.